The van der Waals surface area contributed by atoms with Gasteiger partial charge in [0.1, 0.15) is 11.6 Å². The fraction of sp³-hybridized carbons (Fsp3) is 0.769. The predicted molar refractivity (Wildman–Crippen MR) is 74.8 cm³/mol. The molecule has 1 aliphatic rings. The minimum Gasteiger partial charge on any atom is -0.352 e. The highest BCUT2D eigenvalue weighted by Crippen LogP contribution is 2.20. The van der Waals surface area contributed by atoms with E-state index < -0.39 is 17.6 Å². The Labute approximate surface area is 119 Å². The first-order valence-corrected chi connectivity index (χ1v) is 6.82. The van der Waals surface area contributed by atoms with Crippen LogP contribution >= 0.6 is 0 Å². The van der Waals surface area contributed by atoms with E-state index in [1.54, 1.807) is 13.8 Å². The van der Waals surface area contributed by atoms with E-state index >= 15 is 0 Å². The molecule has 114 valence electrons. The zero-order valence-electron chi connectivity index (χ0n) is 12.5. The molecule has 0 radical (unpaired) electrons. The van der Waals surface area contributed by atoms with Crippen molar-refractivity contribution in [3.8, 4) is 0 Å². The van der Waals surface area contributed by atoms with Gasteiger partial charge < -0.3 is 21.3 Å². The van der Waals surface area contributed by atoms with Gasteiger partial charge in [-0.25, -0.2) is 4.79 Å². The molecule has 20 heavy (non-hydrogen) atoms. The lowest BCUT2D eigenvalue weighted by Gasteiger charge is -2.42. The topological polar surface area (TPSA) is 105 Å². The van der Waals surface area contributed by atoms with Gasteiger partial charge in [0.25, 0.3) is 0 Å². The highest BCUT2D eigenvalue weighted by molar-refractivity contribution is 5.94. The smallest absolute Gasteiger partial charge is 0.312 e. The number of carbonyl (C=O) groups excluding carboxylic acids is 3. The van der Waals surface area contributed by atoms with Gasteiger partial charge in [-0.2, -0.15) is 0 Å². The molecule has 1 heterocycles. The molecule has 1 saturated heterocycles. The van der Waals surface area contributed by atoms with Crippen LogP contribution in [0.3, 0.4) is 0 Å². The van der Waals surface area contributed by atoms with Crippen LogP contribution in [0.2, 0.25) is 0 Å². The molecular formula is C13H24N4O3. The molecule has 0 aromatic heterocycles. The first-order valence-electron chi connectivity index (χ1n) is 6.82. The molecule has 0 spiro atoms. The van der Waals surface area contributed by atoms with E-state index in [9.17, 15) is 14.4 Å². The summed E-state index contributed by atoms with van der Waals surface area (Å²) < 4.78 is 0. The molecule has 1 unspecified atom stereocenters. The maximum atomic E-state index is 12.6. The molecule has 1 fully saturated rings. The maximum absolute atomic E-state index is 12.6. The molecule has 0 aromatic carbocycles. The molecule has 7 nitrogen and oxygen atoms in total. The second kappa shape index (κ2) is 6.11. The Morgan fingerprint density at radius 2 is 2.05 bits per heavy atom. The molecule has 1 aliphatic heterocycles. The molecule has 0 aliphatic carbocycles. The third kappa shape index (κ3) is 3.61. The summed E-state index contributed by atoms with van der Waals surface area (Å²) in [7, 11) is 0. The van der Waals surface area contributed by atoms with E-state index in [2.05, 4.69) is 10.6 Å². The largest absolute Gasteiger partial charge is 0.352 e. The van der Waals surface area contributed by atoms with E-state index in [0.29, 0.717) is 19.5 Å². The Kier molecular flexibility index (Phi) is 4.97. The van der Waals surface area contributed by atoms with Crippen molar-refractivity contribution in [3.05, 3.63) is 0 Å². The summed E-state index contributed by atoms with van der Waals surface area (Å²) in [5.74, 6) is -0.241. The lowest BCUT2D eigenvalue weighted by atomic mass is 9.95. The number of urea groups is 1. The predicted octanol–water partition coefficient (Wildman–Crippen LogP) is -0.194. The van der Waals surface area contributed by atoms with Gasteiger partial charge in [0.15, 0.2) is 0 Å². The Hall–Kier alpha value is -1.79. The first kappa shape index (κ1) is 16.3. The number of piperazine rings is 1. The van der Waals surface area contributed by atoms with Crippen molar-refractivity contribution in [2.75, 3.05) is 13.1 Å². The van der Waals surface area contributed by atoms with Gasteiger partial charge in [-0.05, 0) is 26.2 Å². The van der Waals surface area contributed by atoms with Gasteiger partial charge in [-0.3, -0.25) is 9.59 Å². The number of nitrogens with two attached hydrogens (primary N) is 1. The van der Waals surface area contributed by atoms with Crippen LogP contribution < -0.4 is 16.4 Å². The molecule has 1 atom stereocenters. The van der Waals surface area contributed by atoms with Crippen molar-refractivity contribution < 1.29 is 14.4 Å². The monoisotopic (exact) mass is 284 g/mol. The Bertz CT molecular complexity index is 406. The van der Waals surface area contributed by atoms with Crippen LogP contribution in [0.15, 0.2) is 0 Å². The summed E-state index contributed by atoms with van der Waals surface area (Å²) in [6, 6.07) is -1.43. The lowest BCUT2D eigenvalue weighted by Crippen LogP contribution is -2.66. The second-order valence-electron chi connectivity index (χ2n) is 6.00. The maximum Gasteiger partial charge on any atom is 0.312 e. The summed E-state index contributed by atoms with van der Waals surface area (Å²) in [5.41, 5.74) is 4.20. The number of primary amides is 1. The van der Waals surface area contributed by atoms with Crippen LogP contribution in [0.1, 0.15) is 34.1 Å². The number of rotatable bonds is 4. The molecular weight excluding hydrogens is 260 g/mol. The zero-order chi connectivity index (χ0) is 15.5. The fourth-order valence-corrected chi connectivity index (χ4v) is 2.34. The Balaban J connectivity index is 2.92. The van der Waals surface area contributed by atoms with Crippen molar-refractivity contribution >= 4 is 17.8 Å². The van der Waals surface area contributed by atoms with Crippen molar-refractivity contribution in [3.63, 3.8) is 0 Å². The van der Waals surface area contributed by atoms with Gasteiger partial charge in [0.2, 0.25) is 11.8 Å². The van der Waals surface area contributed by atoms with Gasteiger partial charge in [-0.1, -0.05) is 13.8 Å². The van der Waals surface area contributed by atoms with Gasteiger partial charge in [-0.15, -0.1) is 0 Å². The van der Waals surface area contributed by atoms with Gasteiger partial charge in [0, 0.05) is 13.1 Å². The SMILES string of the molecule is CC(C)CC(NC(N)=O)C(=O)N1CCNC(=O)C1(C)C. The fourth-order valence-electron chi connectivity index (χ4n) is 2.34. The van der Waals surface area contributed by atoms with Crippen LogP contribution in [0.25, 0.3) is 0 Å². The molecule has 4 amide bonds. The number of nitrogens with one attached hydrogen (secondary N) is 2. The molecule has 0 bridgehead atoms. The summed E-state index contributed by atoms with van der Waals surface area (Å²) in [4.78, 5) is 37.1. The van der Waals surface area contributed by atoms with Crippen molar-refractivity contribution in [2.24, 2.45) is 11.7 Å². The van der Waals surface area contributed by atoms with Crippen molar-refractivity contribution in [1.29, 1.82) is 0 Å². The number of carbonyl (C=O) groups is 3. The summed E-state index contributed by atoms with van der Waals surface area (Å²) in [6.07, 6.45) is 0.482. The van der Waals surface area contributed by atoms with E-state index in [1.807, 2.05) is 13.8 Å². The number of hydrogen-bond donors (Lipinski definition) is 3. The van der Waals surface area contributed by atoms with E-state index in [-0.39, 0.29) is 17.7 Å². The van der Waals surface area contributed by atoms with E-state index in [1.165, 1.54) is 4.90 Å². The molecule has 4 N–H and O–H groups in total. The minimum atomic E-state index is -0.927. The van der Waals surface area contributed by atoms with Crippen LogP contribution in [-0.4, -0.2) is 47.4 Å². The molecule has 7 heteroatoms. The molecule has 0 saturated carbocycles. The second-order valence-corrected chi connectivity index (χ2v) is 6.00. The zero-order valence-corrected chi connectivity index (χ0v) is 12.5. The average Bonchev–Trinajstić information content (AvgIpc) is 2.29. The summed E-state index contributed by atoms with van der Waals surface area (Å²) in [5, 5.41) is 5.21. The Morgan fingerprint density at radius 1 is 1.45 bits per heavy atom. The highest BCUT2D eigenvalue weighted by Gasteiger charge is 2.42. The third-order valence-corrected chi connectivity index (χ3v) is 3.44. The summed E-state index contributed by atoms with van der Waals surface area (Å²) >= 11 is 0. The van der Waals surface area contributed by atoms with Crippen LogP contribution in [0.5, 0.6) is 0 Å². The van der Waals surface area contributed by atoms with E-state index in [4.69, 9.17) is 5.73 Å². The van der Waals surface area contributed by atoms with Gasteiger partial charge in [0.05, 0.1) is 0 Å². The van der Waals surface area contributed by atoms with E-state index in [0.717, 1.165) is 0 Å². The number of amides is 4. The first-order chi connectivity index (χ1) is 9.16. The molecule has 0 aromatic rings. The highest BCUT2D eigenvalue weighted by atomic mass is 16.2. The Morgan fingerprint density at radius 3 is 2.55 bits per heavy atom. The van der Waals surface area contributed by atoms with Crippen LogP contribution in [0, 0.1) is 5.92 Å². The van der Waals surface area contributed by atoms with Crippen molar-refractivity contribution in [2.45, 2.75) is 45.7 Å². The number of hydrogen-bond acceptors (Lipinski definition) is 3. The van der Waals surface area contributed by atoms with Crippen LogP contribution in [-0.2, 0) is 9.59 Å². The minimum absolute atomic E-state index is 0.195. The number of nitrogens with zero attached hydrogens (tertiary/aromatic N) is 1. The average molecular weight is 284 g/mol. The standard InChI is InChI=1S/C13H24N4O3/c1-8(2)7-9(16-12(14)20)10(18)17-6-5-15-11(19)13(17,3)4/h8-9H,5-7H2,1-4H3,(H,15,19)(H3,14,16,20). The molecule has 1 rings (SSSR count). The third-order valence-electron chi connectivity index (χ3n) is 3.44. The van der Waals surface area contributed by atoms with Crippen LogP contribution in [0.4, 0.5) is 4.79 Å². The van der Waals surface area contributed by atoms with Crippen molar-refractivity contribution in [1.82, 2.24) is 15.5 Å². The van der Waals surface area contributed by atoms with Gasteiger partial charge >= 0.3 is 6.03 Å². The quantitative estimate of drug-likeness (QED) is 0.666. The lowest BCUT2D eigenvalue weighted by molar-refractivity contribution is -0.150. The normalized spacial score (nSPS) is 19.4. The summed E-state index contributed by atoms with van der Waals surface area (Å²) in [6.45, 7) is 8.13.